The SMILES string of the molecule is O=C(c1cc(-c2ccco2)nn1-c1ccccc1)N1CCCC(O)C1. The van der Waals surface area contributed by atoms with Gasteiger partial charge < -0.3 is 14.4 Å². The third kappa shape index (κ3) is 3.08. The highest BCUT2D eigenvalue weighted by molar-refractivity contribution is 5.94. The largest absolute Gasteiger partial charge is 0.463 e. The molecule has 4 rings (SSSR count). The first-order chi connectivity index (χ1) is 12.2. The standard InChI is InChI=1S/C19H19N3O3/c23-15-8-4-10-21(13-15)19(24)17-12-16(18-9-5-11-25-18)20-22(17)14-6-2-1-3-7-14/h1-3,5-7,9,11-12,15,23H,4,8,10,13H2. The van der Waals surface area contributed by atoms with Crippen molar-refractivity contribution in [3.05, 3.63) is 60.5 Å². The summed E-state index contributed by atoms with van der Waals surface area (Å²) in [6.07, 6.45) is 2.66. The topological polar surface area (TPSA) is 71.5 Å². The van der Waals surface area contributed by atoms with E-state index in [9.17, 15) is 9.90 Å². The van der Waals surface area contributed by atoms with E-state index >= 15 is 0 Å². The average molecular weight is 337 g/mol. The van der Waals surface area contributed by atoms with Gasteiger partial charge in [-0.2, -0.15) is 5.10 Å². The zero-order valence-corrected chi connectivity index (χ0v) is 13.7. The molecular formula is C19H19N3O3. The van der Waals surface area contributed by atoms with E-state index in [4.69, 9.17) is 4.42 Å². The van der Waals surface area contributed by atoms with E-state index in [2.05, 4.69) is 5.10 Å². The quantitative estimate of drug-likeness (QED) is 0.798. The molecule has 0 spiro atoms. The van der Waals surface area contributed by atoms with E-state index in [1.807, 2.05) is 36.4 Å². The summed E-state index contributed by atoms with van der Waals surface area (Å²) in [7, 11) is 0. The molecular weight excluding hydrogens is 318 g/mol. The fraction of sp³-hybridized carbons (Fsp3) is 0.263. The van der Waals surface area contributed by atoms with Crippen molar-refractivity contribution >= 4 is 5.91 Å². The van der Waals surface area contributed by atoms with Crippen LogP contribution in [0.25, 0.3) is 17.1 Å². The second-order valence-corrected chi connectivity index (χ2v) is 6.19. The lowest BCUT2D eigenvalue weighted by atomic mass is 10.1. The second-order valence-electron chi connectivity index (χ2n) is 6.19. The van der Waals surface area contributed by atoms with E-state index in [0.29, 0.717) is 30.2 Å². The molecule has 2 aromatic heterocycles. The Morgan fingerprint density at radius 1 is 1.20 bits per heavy atom. The van der Waals surface area contributed by atoms with Crippen LogP contribution >= 0.6 is 0 Å². The highest BCUT2D eigenvalue weighted by atomic mass is 16.3. The molecule has 1 aliphatic rings. The maximum Gasteiger partial charge on any atom is 0.272 e. The predicted molar refractivity (Wildman–Crippen MR) is 92.4 cm³/mol. The Kier molecular flexibility index (Phi) is 4.11. The van der Waals surface area contributed by atoms with Crippen molar-refractivity contribution in [2.75, 3.05) is 13.1 Å². The third-order valence-electron chi connectivity index (χ3n) is 4.39. The van der Waals surface area contributed by atoms with E-state index in [0.717, 1.165) is 18.5 Å². The Morgan fingerprint density at radius 2 is 2.04 bits per heavy atom. The number of β-amino-alcohol motifs (C(OH)–C–C–N with tert-alkyl or cyclic N) is 1. The Hall–Kier alpha value is -2.86. The molecule has 1 atom stereocenters. The third-order valence-corrected chi connectivity index (χ3v) is 4.39. The van der Waals surface area contributed by atoms with Crippen LogP contribution in [-0.4, -0.2) is 44.9 Å². The molecule has 6 nitrogen and oxygen atoms in total. The minimum atomic E-state index is -0.463. The van der Waals surface area contributed by atoms with Gasteiger partial charge in [0.05, 0.1) is 18.1 Å². The van der Waals surface area contributed by atoms with Gasteiger partial charge in [0.2, 0.25) is 0 Å². The molecule has 128 valence electrons. The number of nitrogens with zero attached hydrogens (tertiary/aromatic N) is 3. The summed E-state index contributed by atoms with van der Waals surface area (Å²) in [5, 5.41) is 14.5. The molecule has 1 N–H and O–H groups in total. The number of piperidine rings is 1. The van der Waals surface area contributed by atoms with Gasteiger partial charge in [0.15, 0.2) is 5.76 Å². The number of likely N-dealkylation sites (tertiary alicyclic amines) is 1. The summed E-state index contributed by atoms with van der Waals surface area (Å²) in [5.74, 6) is 0.482. The van der Waals surface area contributed by atoms with Gasteiger partial charge in [0.1, 0.15) is 11.4 Å². The lowest BCUT2D eigenvalue weighted by Crippen LogP contribution is -2.42. The number of rotatable bonds is 3. The van der Waals surface area contributed by atoms with Crippen molar-refractivity contribution in [2.45, 2.75) is 18.9 Å². The molecule has 1 aliphatic heterocycles. The van der Waals surface area contributed by atoms with E-state index in [1.165, 1.54) is 0 Å². The van der Waals surface area contributed by atoms with Crippen molar-refractivity contribution in [1.29, 1.82) is 0 Å². The van der Waals surface area contributed by atoms with Gasteiger partial charge >= 0.3 is 0 Å². The van der Waals surface area contributed by atoms with E-state index < -0.39 is 6.10 Å². The molecule has 1 unspecified atom stereocenters. The zero-order chi connectivity index (χ0) is 17.2. The highest BCUT2D eigenvalue weighted by Gasteiger charge is 2.27. The lowest BCUT2D eigenvalue weighted by molar-refractivity contribution is 0.0466. The molecule has 25 heavy (non-hydrogen) atoms. The van der Waals surface area contributed by atoms with Crippen LogP contribution in [0.15, 0.2) is 59.2 Å². The first-order valence-electron chi connectivity index (χ1n) is 8.39. The van der Waals surface area contributed by atoms with Crippen LogP contribution in [0.1, 0.15) is 23.3 Å². The number of aliphatic hydroxyl groups is 1. The number of carbonyl (C=O) groups excluding carboxylic acids is 1. The molecule has 1 fully saturated rings. The second kappa shape index (κ2) is 6.57. The number of hydrogen-bond acceptors (Lipinski definition) is 4. The number of benzene rings is 1. The number of aliphatic hydroxyl groups excluding tert-OH is 1. The summed E-state index contributed by atoms with van der Waals surface area (Å²) in [4.78, 5) is 14.7. The van der Waals surface area contributed by atoms with Crippen molar-refractivity contribution in [3.8, 4) is 17.1 Å². The van der Waals surface area contributed by atoms with Crippen LogP contribution in [0.2, 0.25) is 0 Å². The van der Waals surface area contributed by atoms with Gasteiger partial charge in [-0.3, -0.25) is 4.79 Å². The molecule has 3 heterocycles. The number of hydrogen-bond donors (Lipinski definition) is 1. The maximum absolute atomic E-state index is 13.0. The van der Waals surface area contributed by atoms with Crippen molar-refractivity contribution in [2.24, 2.45) is 0 Å². The molecule has 0 aliphatic carbocycles. The minimum Gasteiger partial charge on any atom is -0.463 e. The van der Waals surface area contributed by atoms with Crippen molar-refractivity contribution in [1.82, 2.24) is 14.7 Å². The zero-order valence-electron chi connectivity index (χ0n) is 13.7. The fourth-order valence-corrected chi connectivity index (χ4v) is 3.15. The average Bonchev–Trinajstić information content (AvgIpc) is 3.31. The summed E-state index contributed by atoms with van der Waals surface area (Å²) in [5.41, 5.74) is 1.88. The number of para-hydroxylation sites is 1. The number of carbonyl (C=O) groups is 1. The molecule has 1 aromatic carbocycles. The van der Waals surface area contributed by atoms with Crippen LogP contribution in [0, 0.1) is 0 Å². The fourth-order valence-electron chi connectivity index (χ4n) is 3.15. The molecule has 3 aromatic rings. The minimum absolute atomic E-state index is 0.132. The van der Waals surface area contributed by atoms with Crippen LogP contribution < -0.4 is 0 Å². The van der Waals surface area contributed by atoms with Gasteiger partial charge in [-0.1, -0.05) is 18.2 Å². The molecule has 0 radical (unpaired) electrons. The molecule has 6 heteroatoms. The molecule has 0 saturated carbocycles. The number of furan rings is 1. The Balaban J connectivity index is 1.76. The molecule has 1 amide bonds. The monoisotopic (exact) mass is 337 g/mol. The van der Waals surface area contributed by atoms with Gasteiger partial charge in [-0.25, -0.2) is 4.68 Å². The van der Waals surface area contributed by atoms with Crippen LogP contribution in [0.5, 0.6) is 0 Å². The number of amides is 1. The number of aromatic nitrogens is 2. The Labute approximate surface area is 145 Å². The van der Waals surface area contributed by atoms with Gasteiger partial charge in [-0.15, -0.1) is 0 Å². The summed E-state index contributed by atoms with van der Waals surface area (Å²) < 4.78 is 7.07. The lowest BCUT2D eigenvalue weighted by Gasteiger charge is -2.30. The first-order valence-corrected chi connectivity index (χ1v) is 8.39. The van der Waals surface area contributed by atoms with Crippen LogP contribution in [0.3, 0.4) is 0 Å². The molecule has 0 bridgehead atoms. The molecule has 1 saturated heterocycles. The summed E-state index contributed by atoms with van der Waals surface area (Å²) in [6, 6.07) is 14.9. The van der Waals surface area contributed by atoms with Crippen LogP contribution in [0.4, 0.5) is 0 Å². The van der Waals surface area contributed by atoms with Gasteiger partial charge in [0, 0.05) is 19.2 Å². The van der Waals surface area contributed by atoms with Gasteiger partial charge in [-0.05, 0) is 37.1 Å². The van der Waals surface area contributed by atoms with Crippen molar-refractivity contribution in [3.63, 3.8) is 0 Å². The highest BCUT2D eigenvalue weighted by Crippen LogP contribution is 2.24. The van der Waals surface area contributed by atoms with E-state index in [-0.39, 0.29) is 5.91 Å². The Bertz CT molecular complexity index is 855. The van der Waals surface area contributed by atoms with Gasteiger partial charge in [0.25, 0.3) is 5.91 Å². The first kappa shape index (κ1) is 15.7. The summed E-state index contributed by atoms with van der Waals surface area (Å²) >= 11 is 0. The summed E-state index contributed by atoms with van der Waals surface area (Å²) in [6.45, 7) is 1.00. The smallest absolute Gasteiger partial charge is 0.272 e. The van der Waals surface area contributed by atoms with Crippen molar-refractivity contribution < 1.29 is 14.3 Å². The Morgan fingerprint density at radius 3 is 2.76 bits per heavy atom. The predicted octanol–water partition coefficient (Wildman–Crippen LogP) is 2.73. The maximum atomic E-state index is 13.0. The normalized spacial score (nSPS) is 17.6. The van der Waals surface area contributed by atoms with Crippen LogP contribution in [-0.2, 0) is 0 Å². The van der Waals surface area contributed by atoms with E-state index in [1.54, 1.807) is 28.0 Å².